The fourth-order valence-corrected chi connectivity index (χ4v) is 2.13. The number of halogens is 2. The smallest absolute Gasteiger partial charge is 0.255 e. The quantitative estimate of drug-likeness (QED) is 0.818. The molecule has 0 bridgehead atoms. The molecular weight excluding hydrogens is 307 g/mol. The lowest BCUT2D eigenvalue weighted by Gasteiger charge is -2.21. The second kappa shape index (κ2) is 7.75. The third kappa shape index (κ3) is 4.18. The van der Waals surface area contributed by atoms with Gasteiger partial charge in [0.1, 0.15) is 18.2 Å². The van der Waals surface area contributed by atoms with Gasteiger partial charge < -0.3 is 9.64 Å². The Hall–Kier alpha value is -2.14. The van der Waals surface area contributed by atoms with Crippen LogP contribution in [0.4, 0.5) is 4.39 Å². The summed E-state index contributed by atoms with van der Waals surface area (Å²) < 4.78 is 18.3. The van der Waals surface area contributed by atoms with Crippen LogP contribution in [-0.4, -0.2) is 35.5 Å². The Labute approximate surface area is 133 Å². The summed E-state index contributed by atoms with van der Waals surface area (Å²) in [4.78, 5) is 17.9. The number of likely N-dealkylation sites (N-methyl/N-ethyl adjacent to an activating group) is 1. The molecule has 22 heavy (non-hydrogen) atoms. The molecule has 0 N–H and O–H groups in total. The highest BCUT2D eigenvalue weighted by molar-refractivity contribution is 6.33. The van der Waals surface area contributed by atoms with E-state index in [1.807, 2.05) is 6.92 Å². The van der Waals surface area contributed by atoms with Crippen LogP contribution < -0.4 is 4.74 Å². The van der Waals surface area contributed by atoms with Crippen LogP contribution in [0.3, 0.4) is 0 Å². The van der Waals surface area contributed by atoms with Gasteiger partial charge in [-0.3, -0.25) is 9.78 Å². The van der Waals surface area contributed by atoms with Gasteiger partial charge in [0, 0.05) is 18.9 Å². The van der Waals surface area contributed by atoms with E-state index in [4.69, 9.17) is 16.3 Å². The molecule has 1 amide bonds. The molecule has 0 fully saturated rings. The van der Waals surface area contributed by atoms with Gasteiger partial charge in [-0.2, -0.15) is 0 Å². The highest BCUT2D eigenvalue weighted by Crippen LogP contribution is 2.16. The number of benzene rings is 1. The fraction of sp³-hybridized carbons (Fsp3) is 0.250. The number of carbonyl (C=O) groups is 1. The molecule has 1 heterocycles. The molecule has 4 nitrogen and oxygen atoms in total. The van der Waals surface area contributed by atoms with Crippen molar-refractivity contribution in [2.75, 3.05) is 19.7 Å². The van der Waals surface area contributed by atoms with E-state index in [0.717, 1.165) is 0 Å². The molecule has 1 aromatic carbocycles. The molecule has 0 radical (unpaired) electrons. The van der Waals surface area contributed by atoms with E-state index in [0.29, 0.717) is 36.0 Å². The predicted molar refractivity (Wildman–Crippen MR) is 82.7 cm³/mol. The van der Waals surface area contributed by atoms with Crippen molar-refractivity contribution >= 4 is 17.5 Å². The fourth-order valence-electron chi connectivity index (χ4n) is 1.93. The van der Waals surface area contributed by atoms with Gasteiger partial charge in [0.2, 0.25) is 0 Å². The van der Waals surface area contributed by atoms with Crippen molar-refractivity contribution in [3.05, 3.63) is 59.1 Å². The second-order valence-corrected chi connectivity index (χ2v) is 4.95. The third-order valence-electron chi connectivity index (χ3n) is 3.12. The number of pyridine rings is 1. The monoisotopic (exact) mass is 322 g/mol. The maximum absolute atomic E-state index is 12.8. The maximum Gasteiger partial charge on any atom is 0.255 e. The van der Waals surface area contributed by atoms with Crippen molar-refractivity contribution in [3.63, 3.8) is 0 Å². The van der Waals surface area contributed by atoms with Gasteiger partial charge in [-0.25, -0.2) is 4.39 Å². The number of ether oxygens (including phenoxy) is 1. The molecule has 2 rings (SSSR count). The molecule has 1 aromatic heterocycles. The predicted octanol–water partition coefficient (Wildman–Crippen LogP) is 3.42. The minimum absolute atomic E-state index is 0.169. The largest absolute Gasteiger partial charge is 0.492 e. The summed E-state index contributed by atoms with van der Waals surface area (Å²) in [5, 5.41) is 0.324. The Bertz CT molecular complexity index is 634. The number of nitrogens with zero attached hydrogens (tertiary/aromatic N) is 2. The molecule has 0 aliphatic heterocycles. The number of rotatable bonds is 6. The zero-order valence-corrected chi connectivity index (χ0v) is 12.9. The lowest BCUT2D eigenvalue weighted by Crippen LogP contribution is -2.34. The molecule has 0 unspecified atom stereocenters. The van der Waals surface area contributed by atoms with Gasteiger partial charge in [0.25, 0.3) is 5.91 Å². The van der Waals surface area contributed by atoms with Crippen LogP contribution in [0, 0.1) is 5.82 Å². The standard InChI is InChI=1S/C16H16ClFN2O2/c1-2-20(16(21)14-7-8-19-11-15(14)17)9-10-22-13-5-3-12(18)4-6-13/h3-8,11H,2,9-10H2,1H3. The molecule has 0 saturated carbocycles. The topological polar surface area (TPSA) is 42.4 Å². The summed E-state index contributed by atoms with van der Waals surface area (Å²) in [5.74, 6) is 0.0782. The van der Waals surface area contributed by atoms with Crippen LogP contribution in [0.1, 0.15) is 17.3 Å². The van der Waals surface area contributed by atoms with Crippen molar-refractivity contribution < 1.29 is 13.9 Å². The molecule has 0 atom stereocenters. The van der Waals surface area contributed by atoms with Crippen LogP contribution in [0.2, 0.25) is 5.02 Å². The maximum atomic E-state index is 12.8. The number of aromatic nitrogens is 1. The zero-order chi connectivity index (χ0) is 15.9. The average Bonchev–Trinajstić information content (AvgIpc) is 2.53. The Morgan fingerprint density at radius 3 is 2.68 bits per heavy atom. The molecule has 0 aliphatic carbocycles. The molecule has 0 saturated heterocycles. The molecule has 116 valence electrons. The first-order valence-corrected chi connectivity index (χ1v) is 7.26. The van der Waals surface area contributed by atoms with E-state index in [9.17, 15) is 9.18 Å². The molecular formula is C16H16ClFN2O2. The average molecular weight is 323 g/mol. The van der Waals surface area contributed by atoms with Crippen LogP contribution in [0.5, 0.6) is 5.75 Å². The first-order valence-electron chi connectivity index (χ1n) is 6.89. The minimum atomic E-state index is -0.315. The van der Waals surface area contributed by atoms with E-state index in [2.05, 4.69) is 4.98 Å². The van der Waals surface area contributed by atoms with Crippen LogP contribution in [-0.2, 0) is 0 Å². The van der Waals surface area contributed by atoms with Gasteiger partial charge >= 0.3 is 0 Å². The summed E-state index contributed by atoms with van der Waals surface area (Å²) in [6.07, 6.45) is 2.97. The van der Waals surface area contributed by atoms with Crippen molar-refractivity contribution in [1.82, 2.24) is 9.88 Å². The van der Waals surface area contributed by atoms with Crippen molar-refractivity contribution in [2.24, 2.45) is 0 Å². The normalized spacial score (nSPS) is 10.3. The summed E-state index contributed by atoms with van der Waals surface area (Å²) in [6, 6.07) is 7.35. The van der Waals surface area contributed by atoms with Crippen LogP contribution in [0.15, 0.2) is 42.7 Å². The molecule has 2 aromatic rings. The third-order valence-corrected chi connectivity index (χ3v) is 3.42. The van der Waals surface area contributed by atoms with Crippen molar-refractivity contribution in [3.8, 4) is 5.75 Å². The molecule has 0 aliphatic rings. The Kier molecular flexibility index (Phi) is 5.72. The summed E-state index contributed by atoms with van der Waals surface area (Å²) in [5.41, 5.74) is 0.417. The number of carbonyl (C=O) groups excluding carboxylic acids is 1. The summed E-state index contributed by atoms with van der Waals surface area (Å²) in [6.45, 7) is 3.13. The van der Waals surface area contributed by atoms with Crippen LogP contribution >= 0.6 is 11.6 Å². The van der Waals surface area contributed by atoms with E-state index >= 15 is 0 Å². The van der Waals surface area contributed by atoms with Gasteiger partial charge in [-0.1, -0.05) is 11.6 Å². The van der Waals surface area contributed by atoms with Gasteiger partial charge in [-0.05, 0) is 37.3 Å². The molecule has 6 heteroatoms. The first kappa shape index (κ1) is 16.2. The second-order valence-electron chi connectivity index (χ2n) is 4.54. The minimum Gasteiger partial charge on any atom is -0.492 e. The first-order chi connectivity index (χ1) is 10.6. The molecule has 0 spiro atoms. The van der Waals surface area contributed by atoms with Gasteiger partial charge in [-0.15, -0.1) is 0 Å². The van der Waals surface area contributed by atoms with E-state index in [1.165, 1.54) is 24.5 Å². The number of hydrogen-bond acceptors (Lipinski definition) is 3. The summed E-state index contributed by atoms with van der Waals surface area (Å²) >= 11 is 5.99. The van der Waals surface area contributed by atoms with Crippen molar-refractivity contribution in [2.45, 2.75) is 6.92 Å². The highest BCUT2D eigenvalue weighted by atomic mass is 35.5. The lowest BCUT2D eigenvalue weighted by atomic mass is 10.2. The Morgan fingerprint density at radius 1 is 1.32 bits per heavy atom. The Morgan fingerprint density at radius 2 is 2.05 bits per heavy atom. The number of amides is 1. The summed E-state index contributed by atoms with van der Waals surface area (Å²) in [7, 11) is 0. The number of hydrogen-bond donors (Lipinski definition) is 0. The van der Waals surface area contributed by atoms with E-state index < -0.39 is 0 Å². The van der Waals surface area contributed by atoms with E-state index in [-0.39, 0.29) is 11.7 Å². The lowest BCUT2D eigenvalue weighted by molar-refractivity contribution is 0.0740. The highest BCUT2D eigenvalue weighted by Gasteiger charge is 2.16. The van der Waals surface area contributed by atoms with Gasteiger partial charge in [0.15, 0.2) is 0 Å². The van der Waals surface area contributed by atoms with Gasteiger partial charge in [0.05, 0.1) is 17.1 Å². The van der Waals surface area contributed by atoms with E-state index in [1.54, 1.807) is 23.1 Å². The Balaban J connectivity index is 1.93. The SMILES string of the molecule is CCN(CCOc1ccc(F)cc1)C(=O)c1ccncc1Cl. The zero-order valence-electron chi connectivity index (χ0n) is 12.1. The van der Waals surface area contributed by atoms with Crippen LogP contribution in [0.25, 0.3) is 0 Å². The van der Waals surface area contributed by atoms with Crippen molar-refractivity contribution in [1.29, 1.82) is 0 Å².